The van der Waals surface area contributed by atoms with Gasteiger partial charge in [-0.1, -0.05) is 29.8 Å². The second-order valence-corrected chi connectivity index (χ2v) is 9.53. The van der Waals surface area contributed by atoms with Crippen LogP contribution in [0.15, 0.2) is 48.5 Å². The van der Waals surface area contributed by atoms with E-state index in [-0.39, 0.29) is 28.9 Å². The zero-order chi connectivity index (χ0) is 22.4. The van der Waals surface area contributed by atoms with Gasteiger partial charge in [-0.15, -0.1) is 0 Å². The largest absolute Gasteiger partial charge is 0.376 e. The smallest absolute Gasteiger partial charge is 0.253 e. The van der Waals surface area contributed by atoms with Crippen LogP contribution >= 0.6 is 11.6 Å². The average Bonchev–Trinajstić information content (AvgIpc) is 3.23. The van der Waals surface area contributed by atoms with Crippen molar-refractivity contribution in [3.05, 3.63) is 59.1 Å². The van der Waals surface area contributed by atoms with E-state index >= 15 is 0 Å². The molecule has 1 atom stereocenters. The summed E-state index contributed by atoms with van der Waals surface area (Å²) < 4.78 is 30.9. The number of nitrogens with one attached hydrogen (secondary N) is 2. The Balaban J connectivity index is 1.71. The number of para-hydroxylation sites is 1. The molecule has 0 spiro atoms. The summed E-state index contributed by atoms with van der Waals surface area (Å²) in [6.07, 6.45) is 2.86. The Morgan fingerprint density at radius 2 is 1.97 bits per heavy atom. The molecule has 0 aromatic heterocycles. The number of hydrogen-bond donors (Lipinski definition) is 2. The molecular weight excluding hydrogens is 442 g/mol. The molecule has 1 saturated heterocycles. The fourth-order valence-electron chi connectivity index (χ4n) is 3.25. The summed E-state index contributed by atoms with van der Waals surface area (Å²) in [4.78, 5) is 25.3. The van der Waals surface area contributed by atoms with Crippen molar-refractivity contribution in [2.45, 2.75) is 18.9 Å². The quantitative estimate of drug-likeness (QED) is 0.623. The van der Waals surface area contributed by atoms with E-state index in [1.54, 1.807) is 42.5 Å². The molecule has 3 rings (SSSR count). The molecule has 0 aliphatic carbocycles. The molecule has 31 heavy (non-hydrogen) atoms. The molecule has 0 unspecified atom stereocenters. The molecule has 1 aliphatic heterocycles. The molecule has 0 saturated carbocycles. The number of nitrogens with zero attached hydrogens (tertiary/aromatic N) is 1. The van der Waals surface area contributed by atoms with Crippen LogP contribution in [0.3, 0.4) is 0 Å². The maximum atomic E-state index is 12.7. The number of carbonyl (C=O) groups excluding carboxylic acids is 2. The minimum atomic E-state index is -3.75. The number of rotatable bonds is 8. The highest BCUT2D eigenvalue weighted by Gasteiger charge is 2.23. The minimum absolute atomic E-state index is 0.00767. The Hall–Kier alpha value is -2.62. The number of benzene rings is 2. The van der Waals surface area contributed by atoms with Gasteiger partial charge in [-0.25, -0.2) is 8.42 Å². The zero-order valence-corrected chi connectivity index (χ0v) is 18.6. The third-order valence-electron chi connectivity index (χ3n) is 4.74. The van der Waals surface area contributed by atoms with Crippen LogP contribution in [0.1, 0.15) is 23.2 Å². The number of sulfonamides is 1. The predicted octanol–water partition coefficient (Wildman–Crippen LogP) is 2.65. The molecule has 1 aliphatic rings. The van der Waals surface area contributed by atoms with Gasteiger partial charge in [-0.05, 0) is 43.2 Å². The van der Waals surface area contributed by atoms with E-state index in [0.29, 0.717) is 18.2 Å². The van der Waals surface area contributed by atoms with Gasteiger partial charge in [0, 0.05) is 18.2 Å². The second-order valence-electron chi connectivity index (χ2n) is 7.19. The standard InChI is InChI=1S/C21H24ClN3O5S/c1-31(28,29)25(16-7-4-6-15(22)12-16)14-20(26)24-19-10-3-2-9-18(19)21(27)23-13-17-8-5-11-30-17/h2-4,6-7,9-10,12,17H,5,8,11,13-14H2,1H3,(H,23,27)(H,24,26)/t17-/m0/s1. The SMILES string of the molecule is CS(=O)(=O)N(CC(=O)Nc1ccccc1C(=O)NC[C@@H]1CCCO1)c1cccc(Cl)c1. The van der Waals surface area contributed by atoms with Crippen LogP contribution in [-0.4, -0.2) is 52.3 Å². The third-order valence-corrected chi connectivity index (χ3v) is 6.12. The van der Waals surface area contributed by atoms with Gasteiger partial charge in [0.15, 0.2) is 0 Å². The minimum Gasteiger partial charge on any atom is -0.376 e. The highest BCUT2D eigenvalue weighted by molar-refractivity contribution is 7.92. The van der Waals surface area contributed by atoms with Gasteiger partial charge in [0.1, 0.15) is 6.54 Å². The van der Waals surface area contributed by atoms with E-state index in [2.05, 4.69) is 10.6 Å². The zero-order valence-electron chi connectivity index (χ0n) is 17.0. The van der Waals surface area contributed by atoms with Gasteiger partial charge in [-0.2, -0.15) is 0 Å². The predicted molar refractivity (Wildman–Crippen MR) is 120 cm³/mol. The van der Waals surface area contributed by atoms with Crippen molar-refractivity contribution >= 4 is 44.8 Å². The molecule has 0 bridgehead atoms. The second kappa shape index (κ2) is 10.1. The molecule has 2 amide bonds. The van der Waals surface area contributed by atoms with Crippen molar-refractivity contribution < 1.29 is 22.7 Å². The first kappa shape index (κ1) is 23.1. The van der Waals surface area contributed by atoms with E-state index in [4.69, 9.17) is 16.3 Å². The highest BCUT2D eigenvalue weighted by atomic mass is 35.5. The summed E-state index contributed by atoms with van der Waals surface area (Å²) >= 11 is 5.96. The Morgan fingerprint density at radius 3 is 2.65 bits per heavy atom. The lowest BCUT2D eigenvalue weighted by atomic mass is 10.1. The van der Waals surface area contributed by atoms with E-state index < -0.39 is 22.5 Å². The van der Waals surface area contributed by atoms with E-state index in [1.165, 1.54) is 6.07 Å². The van der Waals surface area contributed by atoms with Crippen LogP contribution in [-0.2, 0) is 19.6 Å². The summed E-state index contributed by atoms with van der Waals surface area (Å²) in [7, 11) is -3.75. The van der Waals surface area contributed by atoms with Crippen molar-refractivity contribution in [3.63, 3.8) is 0 Å². The monoisotopic (exact) mass is 465 g/mol. The van der Waals surface area contributed by atoms with Crippen LogP contribution in [0, 0.1) is 0 Å². The molecule has 0 radical (unpaired) electrons. The van der Waals surface area contributed by atoms with Gasteiger partial charge in [-0.3, -0.25) is 13.9 Å². The van der Waals surface area contributed by atoms with Crippen LogP contribution < -0.4 is 14.9 Å². The van der Waals surface area contributed by atoms with Gasteiger partial charge in [0.2, 0.25) is 15.9 Å². The van der Waals surface area contributed by atoms with Gasteiger partial charge < -0.3 is 15.4 Å². The van der Waals surface area contributed by atoms with Crippen LogP contribution in [0.5, 0.6) is 0 Å². The fourth-order valence-corrected chi connectivity index (χ4v) is 4.28. The number of anilines is 2. The molecular formula is C21H24ClN3O5S. The normalized spacial score (nSPS) is 16.0. The molecule has 1 fully saturated rings. The fraction of sp³-hybridized carbons (Fsp3) is 0.333. The van der Waals surface area contributed by atoms with Crippen molar-refractivity contribution in [3.8, 4) is 0 Å². The van der Waals surface area contributed by atoms with E-state index in [1.807, 2.05) is 0 Å². The molecule has 10 heteroatoms. The number of amides is 2. The molecule has 2 N–H and O–H groups in total. The first-order valence-electron chi connectivity index (χ1n) is 9.76. The summed E-state index contributed by atoms with van der Waals surface area (Å²) in [6.45, 7) is 0.611. The maximum absolute atomic E-state index is 12.7. The van der Waals surface area contributed by atoms with Gasteiger partial charge in [0.05, 0.1) is 29.3 Å². The summed E-state index contributed by atoms with van der Waals surface area (Å²) in [5.41, 5.74) is 0.840. The maximum Gasteiger partial charge on any atom is 0.253 e. The Bertz CT molecular complexity index is 1050. The molecule has 166 valence electrons. The Morgan fingerprint density at radius 1 is 1.19 bits per heavy atom. The van der Waals surface area contributed by atoms with Crippen molar-refractivity contribution in [1.29, 1.82) is 0 Å². The number of carbonyl (C=O) groups is 2. The molecule has 8 nitrogen and oxygen atoms in total. The molecule has 2 aromatic rings. The van der Waals surface area contributed by atoms with E-state index in [9.17, 15) is 18.0 Å². The van der Waals surface area contributed by atoms with Gasteiger partial charge >= 0.3 is 0 Å². The first-order valence-corrected chi connectivity index (χ1v) is 12.0. The first-order chi connectivity index (χ1) is 14.7. The van der Waals surface area contributed by atoms with Crippen LogP contribution in [0.25, 0.3) is 0 Å². The number of hydrogen-bond acceptors (Lipinski definition) is 5. The summed E-state index contributed by atoms with van der Waals surface area (Å²) in [5, 5.41) is 5.80. The van der Waals surface area contributed by atoms with Gasteiger partial charge in [0.25, 0.3) is 5.91 Å². The topological polar surface area (TPSA) is 105 Å². The summed E-state index contributed by atoms with van der Waals surface area (Å²) in [6, 6.07) is 12.8. The van der Waals surface area contributed by atoms with Crippen molar-refractivity contribution in [2.75, 3.05) is 35.6 Å². The molecule has 1 heterocycles. The lowest BCUT2D eigenvalue weighted by molar-refractivity contribution is -0.114. The van der Waals surface area contributed by atoms with Crippen molar-refractivity contribution in [2.24, 2.45) is 0 Å². The van der Waals surface area contributed by atoms with Crippen LogP contribution in [0.2, 0.25) is 5.02 Å². The van der Waals surface area contributed by atoms with Crippen molar-refractivity contribution in [1.82, 2.24) is 5.32 Å². The van der Waals surface area contributed by atoms with Crippen LogP contribution in [0.4, 0.5) is 11.4 Å². The number of halogens is 1. The Kier molecular flexibility index (Phi) is 7.53. The Labute approximate surface area is 186 Å². The third kappa shape index (κ3) is 6.43. The highest BCUT2D eigenvalue weighted by Crippen LogP contribution is 2.22. The summed E-state index contributed by atoms with van der Waals surface area (Å²) in [5.74, 6) is -0.939. The number of ether oxygens (including phenoxy) is 1. The lowest BCUT2D eigenvalue weighted by Gasteiger charge is -2.22. The van der Waals surface area contributed by atoms with E-state index in [0.717, 1.165) is 23.4 Å². The molecule has 2 aromatic carbocycles. The lowest BCUT2D eigenvalue weighted by Crippen LogP contribution is -2.38. The average molecular weight is 466 g/mol.